The van der Waals surface area contributed by atoms with Gasteiger partial charge in [0.2, 0.25) is 5.88 Å². The predicted octanol–water partition coefficient (Wildman–Crippen LogP) is 4.29. The Hall–Kier alpha value is -2.31. The second-order valence-electron chi connectivity index (χ2n) is 7.35. The Morgan fingerprint density at radius 1 is 1.10 bits per heavy atom. The zero-order valence-electron chi connectivity index (χ0n) is 16.4. The van der Waals surface area contributed by atoms with Gasteiger partial charge in [0, 0.05) is 50.0 Å². The second-order valence-corrected chi connectivity index (χ2v) is 7.76. The number of unbranched alkanes of at least 4 members (excludes halogenated alkanes) is 1. The quantitative estimate of drug-likeness (QED) is 0.682. The number of nitrogens with zero attached hydrogens (tertiary/aromatic N) is 3. The number of piperazine rings is 1. The summed E-state index contributed by atoms with van der Waals surface area (Å²) in [4.78, 5) is 9.24. The van der Waals surface area contributed by atoms with Crippen LogP contribution in [0.3, 0.4) is 0 Å². The maximum atomic E-state index is 13.3. The van der Waals surface area contributed by atoms with Gasteiger partial charge in [-0.05, 0) is 43.7 Å². The minimum atomic E-state index is -0.366. The van der Waals surface area contributed by atoms with Crippen molar-refractivity contribution >= 4 is 29.2 Å². The van der Waals surface area contributed by atoms with Gasteiger partial charge in [0.15, 0.2) is 0 Å². The van der Waals surface area contributed by atoms with Gasteiger partial charge in [0.1, 0.15) is 11.6 Å². The van der Waals surface area contributed by atoms with Crippen molar-refractivity contribution in [3.05, 3.63) is 52.8 Å². The van der Waals surface area contributed by atoms with E-state index < -0.39 is 0 Å². The van der Waals surface area contributed by atoms with Crippen LogP contribution in [0, 0.1) is 5.82 Å². The SMILES string of the molecule is Fc1ccc(N2CCN(CCCCOc3ccc4c(n3)NCC=C4)CC2)cc1Cl. The smallest absolute Gasteiger partial charge is 0.215 e. The Balaban J connectivity index is 1.14. The number of pyridine rings is 1. The van der Waals surface area contributed by atoms with Crippen LogP contribution in [0.4, 0.5) is 15.9 Å². The molecule has 0 bridgehead atoms. The van der Waals surface area contributed by atoms with Crippen molar-refractivity contribution in [2.24, 2.45) is 0 Å². The maximum Gasteiger partial charge on any atom is 0.215 e. The van der Waals surface area contributed by atoms with E-state index in [1.165, 1.54) is 6.07 Å². The molecule has 1 fully saturated rings. The van der Waals surface area contributed by atoms with Crippen molar-refractivity contribution in [1.29, 1.82) is 0 Å². The Kier molecular flexibility index (Phi) is 6.52. The molecule has 0 atom stereocenters. The van der Waals surface area contributed by atoms with Gasteiger partial charge in [0.25, 0.3) is 0 Å². The third-order valence-electron chi connectivity index (χ3n) is 5.34. The predicted molar refractivity (Wildman–Crippen MR) is 117 cm³/mol. The average molecular weight is 417 g/mol. The standard InChI is InChI=1S/C22H26ClFN4O/c23-19-16-18(6-7-20(19)24)28-13-11-27(12-14-28)10-1-2-15-29-21-8-5-17-4-3-9-25-22(17)26-21/h3-8,16H,1-2,9-15H2,(H,25,26). The van der Waals surface area contributed by atoms with E-state index in [9.17, 15) is 4.39 Å². The lowest BCUT2D eigenvalue weighted by molar-refractivity contribution is 0.236. The molecule has 0 amide bonds. The number of hydrogen-bond donors (Lipinski definition) is 1. The summed E-state index contributed by atoms with van der Waals surface area (Å²) in [6, 6.07) is 8.92. The molecule has 2 aromatic rings. The lowest BCUT2D eigenvalue weighted by Gasteiger charge is -2.36. The minimum Gasteiger partial charge on any atom is -0.478 e. The van der Waals surface area contributed by atoms with Crippen molar-refractivity contribution in [2.75, 3.05) is 56.1 Å². The van der Waals surface area contributed by atoms with E-state index in [1.807, 2.05) is 12.1 Å². The first-order valence-electron chi connectivity index (χ1n) is 10.2. The number of hydrogen-bond acceptors (Lipinski definition) is 5. The van der Waals surface area contributed by atoms with Gasteiger partial charge in [-0.25, -0.2) is 4.39 Å². The summed E-state index contributed by atoms with van der Waals surface area (Å²) >= 11 is 5.90. The zero-order valence-corrected chi connectivity index (χ0v) is 17.2. The Morgan fingerprint density at radius 2 is 1.97 bits per heavy atom. The van der Waals surface area contributed by atoms with Crippen molar-refractivity contribution in [2.45, 2.75) is 12.8 Å². The number of aromatic nitrogens is 1. The highest BCUT2D eigenvalue weighted by Gasteiger charge is 2.17. The molecular formula is C22H26ClFN4O. The molecule has 1 saturated heterocycles. The van der Waals surface area contributed by atoms with E-state index >= 15 is 0 Å². The molecule has 154 valence electrons. The van der Waals surface area contributed by atoms with Crippen LogP contribution in [0.2, 0.25) is 5.02 Å². The molecule has 1 aromatic heterocycles. The molecule has 2 aliphatic heterocycles. The van der Waals surface area contributed by atoms with Crippen LogP contribution in [0.15, 0.2) is 36.4 Å². The van der Waals surface area contributed by atoms with E-state index in [0.717, 1.165) is 69.2 Å². The molecule has 4 rings (SSSR count). The number of rotatable bonds is 7. The highest BCUT2D eigenvalue weighted by Crippen LogP contribution is 2.24. The number of halogens is 2. The topological polar surface area (TPSA) is 40.6 Å². The van der Waals surface area contributed by atoms with Gasteiger partial charge in [-0.3, -0.25) is 4.90 Å². The largest absolute Gasteiger partial charge is 0.478 e. The summed E-state index contributed by atoms with van der Waals surface area (Å²) in [6.07, 6.45) is 6.25. The normalized spacial score (nSPS) is 16.4. The molecule has 3 heterocycles. The summed E-state index contributed by atoms with van der Waals surface area (Å²) < 4.78 is 19.1. The van der Waals surface area contributed by atoms with Crippen LogP contribution < -0.4 is 15.0 Å². The first-order valence-corrected chi connectivity index (χ1v) is 10.5. The van der Waals surface area contributed by atoms with E-state index in [0.29, 0.717) is 12.5 Å². The Labute approximate surface area is 176 Å². The first kappa shape index (κ1) is 20.0. The molecule has 0 saturated carbocycles. The highest BCUT2D eigenvalue weighted by atomic mass is 35.5. The van der Waals surface area contributed by atoms with Gasteiger partial charge < -0.3 is 15.0 Å². The average Bonchev–Trinajstić information content (AvgIpc) is 2.76. The fourth-order valence-corrected chi connectivity index (χ4v) is 3.85. The van der Waals surface area contributed by atoms with Gasteiger partial charge in [0.05, 0.1) is 11.6 Å². The fourth-order valence-electron chi connectivity index (χ4n) is 3.68. The lowest BCUT2D eigenvalue weighted by Crippen LogP contribution is -2.46. The molecule has 7 heteroatoms. The second kappa shape index (κ2) is 9.46. The summed E-state index contributed by atoms with van der Waals surface area (Å²) in [5, 5.41) is 3.44. The van der Waals surface area contributed by atoms with Crippen LogP contribution in [0.1, 0.15) is 18.4 Å². The molecule has 29 heavy (non-hydrogen) atoms. The molecule has 1 N–H and O–H groups in total. The van der Waals surface area contributed by atoms with Crippen molar-refractivity contribution in [3.63, 3.8) is 0 Å². The molecule has 0 unspecified atom stereocenters. The van der Waals surface area contributed by atoms with Crippen molar-refractivity contribution in [3.8, 4) is 5.88 Å². The molecular weight excluding hydrogens is 391 g/mol. The molecule has 0 spiro atoms. The van der Waals surface area contributed by atoms with Crippen molar-refractivity contribution in [1.82, 2.24) is 9.88 Å². The van der Waals surface area contributed by atoms with E-state index in [1.54, 1.807) is 12.1 Å². The van der Waals surface area contributed by atoms with Crippen LogP contribution in [-0.4, -0.2) is 55.8 Å². The van der Waals surface area contributed by atoms with Gasteiger partial charge in [-0.15, -0.1) is 0 Å². The van der Waals surface area contributed by atoms with E-state index in [-0.39, 0.29) is 10.8 Å². The summed E-state index contributed by atoms with van der Waals surface area (Å²) in [5.41, 5.74) is 2.10. The molecule has 0 radical (unpaired) electrons. The summed E-state index contributed by atoms with van der Waals surface area (Å²) in [7, 11) is 0. The zero-order chi connectivity index (χ0) is 20.1. The fraction of sp³-hybridized carbons (Fsp3) is 0.409. The first-order chi connectivity index (χ1) is 14.2. The highest BCUT2D eigenvalue weighted by molar-refractivity contribution is 6.31. The summed E-state index contributed by atoms with van der Waals surface area (Å²) in [6.45, 7) is 6.41. The van der Waals surface area contributed by atoms with Crippen LogP contribution in [-0.2, 0) is 0 Å². The summed E-state index contributed by atoms with van der Waals surface area (Å²) in [5.74, 6) is 1.21. The van der Waals surface area contributed by atoms with Gasteiger partial charge in [-0.2, -0.15) is 4.98 Å². The number of anilines is 2. The maximum absolute atomic E-state index is 13.3. The number of ether oxygens (including phenoxy) is 1. The third-order valence-corrected chi connectivity index (χ3v) is 5.63. The van der Waals surface area contributed by atoms with Crippen molar-refractivity contribution < 1.29 is 9.13 Å². The monoisotopic (exact) mass is 416 g/mol. The molecule has 1 aromatic carbocycles. The van der Waals surface area contributed by atoms with E-state index in [4.69, 9.17) is 16.3 Å². The number of nitrogens with one attached hydrogen (secondary N) is 1. The molecule has 5 nitrogen and oxygen atoms in total. The Morgan fingerprint density at radius 3 is 2.79 bits per heavy atom. The third kappa shape index (κ3) is 5.19. The van der Waals surface area contributed by atoms with Gasteiger partial charge >= 0.3 is 0 Å². The van der Waals surface area contributed by atoms with Crippen LogP contribution in [0.5, 0.6) is 5.88 Å². The molecule has 0 aliphatic carbocycles. The van der Waals surface area contributed by atoms with E-state index in [2.05, 4.69) is 32.3 Å². The van der Waals surface area contributed by atoms with Gasteiger partial charge in [-0.1, -0.05) is 23.8 Å². The Bertz CT molecular complexity index is 868. The van der Waals surface area contributed by atoms with Crippen LogP contribution in [0.25, 0.3) is 6.08 Å². The lowest BCUT2D eigenvalue weighted by atomic mass is 10.2. The minimum absolute atomic E-state index is 0.186. The van der Waals surface area contributed by atoms with Crippen LogP contribution >= 0.6 is 11.6 Å². The molecule has 2 aliphatic rings. The number of fused-ring (bicyclic) bond motifs is 1. The number of benzene rings is 1.